The molecule has 0 saturated carbocycles. The normalized spacial score (nSPS) is 17.5. The first kappa shape index (κ1) is 14.8. The first-order chi connectivity index (χ1) is 10.7. The molecule has 1 aliphatic heterocycles. The third-order valence-electron chi connectivity index (χ3n) is 3.69. The van der Waals surface area contributed by atoms with Gasteiger partial charge in [0.15, 0.2) is 0 Å². The topological polar surface area (TPSA) is 59.1 Å². The molecule has 116 valence electrons. The van der Waals surface area contributed by atoms with Crippen molar-refractivity contribution in [2.24, 2.45) is 0 Å². The van der Waals surface area contributed by atoms with Crippen LogP contribution in [-0.4, -0.2) is 29.2 Å². The summed E-state index contributed by atoms with van der Waals surface area (Å²) in [7, 11) is 0. The van der Waals surface area contributed by atoms with Crippen LogP contribution in [0.5, 0.6) is 0 Å². The zero-order valence-electron chi connectivity index (χ0n) is 13.1. The summed E-state index contributed by atoms with van der Waals surface area (Å²) in [4.78, 5) is 8.96. The highest BCUT2D eigenvalue weighted by atomic mass is 16.5. The molecule has 5 heteroatoms. The summed E-state index contributed by atoms with van der Waals surface area (Å²) in [6, 6.07) is 10.2. The highest BCUT2D eigenvalue weighted by Gasteiger charge is 2.15. The van der Waals surface area contributed by atoms with Crippen molar-refractivity contribution < 1.29 is 4.74 Å². The van der Waals surface area contributed by atoms with Crippen molar-refractivity contribution >= 4 is 17.5 Å². The lowest BCUT2D eigenvalue weighted by Crippen LogP contribution is -2.20. The van der Waals surface area contributed by atoms with Gasteiger partial charge in [0.05, 0.1) is 6.10 Å². The van der Waals surface area contributed by atoms with Crippen LogP contribution in [0, 0.1) is 13.8 Å². The summed E-state index contributed by atoms with van der Waals surface area (Å²) < 4.78 is 5.61. The molecule has 0 spiro atoms. The van der Waals surface area contributed by atoms with Crippen molar-refractivity contribution in [3.63, 3.8) is 0 Å². The number of ether oxygens (including phenoxy) is 1. The second-order valence-electron chi connectivity index (χ2n) is 5.73. The van der Waals surface area contributed by atoms with Gasteiger partial charge in [-0.25, -0.2) is 4.98 Å². The fourth-order valence-electron chi connectivity index (χ4n) is 2.51. The lowest BCUT2D eigenvalue weighted by molar-refractivity contribution is 0.120. The Morgan fingerprint density at radius 1 is 1.18 bits per heavy atom. The average molecular weight is 298 g/mol. The van der Waals surface area contributed by atoms with E-state index in [1.807, 2.05) is 25.1 Å². The van der Waals surface area contributed by atoms with E-state index in [4.69, 9.17) is 4.74 Å². The van der Waals surface area contributed by atoms with Crippen LogP contribution < -0.4 is 10.6 Å². The quantitative estimate of drug-likeness (QED) is 0.885. The Balaban J connectivity index is 1.67. The van der Waals surface area contributed by atoms with Crippen molar-refractivity contribution in [2.75, 3.05) is 23.8 Å². The smallest absolute Gasteiger partial charge is 0.224 e. The zero-order chi connectivity index (χ0) is 15.4. The van der Waals surface area contributed by atoms with E-state index in [9.17, 15) is 0 Å². The number of benzene rings is 1. The van der Waals surface area contributed by atoms with Gasteiger partial charge in [-0.3, -0.25) is 0 Å². The van der Waals surface area contributed by atoms with Crippen LogP contribution in [0.15, 0.2) is 30.3 Å². The summed E-state index contributed by atoms with van der Waals surface area (Å²) in [6.45, 7) is 5.67. The molecule has 1 aromatic heterocycles. The van der Waals surface area contributed by atoms with E-state index < -0.39 is 0 Å². The first-order valence-corrected chi connectivity index (χ1v) is 7.74. The van der Waals surface area contributed by atoms with Crippen molar-refractivity contribution in [2.45, 2.75) is 32.8 Å². The maximum absolute atomic E-state index is 5.61. The molecule has 0 bridgehead atoms. The number of nitrogens with one attached hydrogen (secondary N) is 2. The number of rotatable bonds is 5. The van der Waals surface area contributed by atoms with E-state index in [0.717, 1.165) is 43.2 Å². The van der Waals surface area contributed by atoms with E-state index in [1.165, 1.54) is 5.56 Å². The SMILES string of the molecule is Cc1ccc(Nc2cc(C)nc(NCC3CCCO3)n2)cc1. The van der Waals surface area contributed by atoms with Gasteiger partial charge in [-0.2, -0.15) is 4.98 Å². The van der Waals surface area contributed by atoms with Gasteiger partial charge in [-0.05, 0) is 38.8 Å². The van der Waals surface area contributed by atoms with Crippen LogP contribution in [0.25, 0.3) is 0 Å². The highest BCUT2D eigenvalue weighted by Crippen LogP contribution is 2.18. The fourth-order valence-corrected chi connectivity index (χ4v) is 2.51. The Kier molecular flexibility index (Phi) is 4.53. The number of anilines is 3. The maximum Gasteiger partial charge on any atom is 0.224 e. The Bertz CT molecular complexity index is 621. The van der Waals surface area contributed by atoms with Crippen LogP contribution in [0.2, 0.25) is 0 Å². The predicted octanol–water partition coefficient (Wildman–Crippen LogP) is 3.43. The molecule has 3 rings (SSSR count). The molecule has 22 heavy (non-hydrogen) atoms. The van der Waals surface area contributed by atoms with E-state index in [0.29, 0.717) is 5.95 Å². The Morgan fingerprint density at radius 2 is 2.00 bits per heavy atom. The monoisotopic (exact) mass is 298 g/mol. The van der Waals surface area contributed by atoms with Gasteiger partial charge in [0, 0.05) is 30.6 Å². The van der Waals surface area contributed by atoms with Crippen molar-refractivity contribution in [3.8, 4) is 0 Å². The van der Waals surface area contributed by atoms with Crippen LogP contribution in [0.1, 0.15) is 24.1 Å². The minimum Gasteiger partial charge on any atom is -0.376 e. The molecule has 1 aliphatic rings. The molecular formula is C17H22N4O. The molecular weight excluding hydrogens is 276 g/mol. The molecule has 0 aliphatic carbocycles. The second-order valence-corrected chi connectivity index (χ2v) is 5.73. The van der Waals surface area contributed by atoms with Gasteiger partial charge in [0.2, 0.25) is 5.95 Å². The number of aromatic nitrogens is 2. The summed E-state index contributed by atoms with van der Waals surface area (Å²) in [5, 5.41) is 6.59. The van der Waals surface area contributed by atoms with Gasteiger partial charge in [0.25, 0.3) is 0 Å². The molecule has 0 amide bonds. The van der Waals surface area contributed by atoms with Crippen LogP contribution in [-0.2, 0) is 4.74 Å². The lowest BCUT2D eigenvalue weighted by Gasteiger charge is -2.13. The van der Waals surface area contributed by atoms with Crippen LogP contribution >= 0.6 is 0 Å². The zero-order valence-corrected chi connectivity index (χ0v) is 13.1. The third-order valence-corrected chi connectivity index (χ3v) is 3.69. The van der Waals surface area contributed by atoms with Crippen molar-refractivity contribution in [3.05, 3.63) is 41.6 Å². The maximum atomic E-state index is 5.61. The fraction of sp³-hybridized carbons (Fsp3) is 0.412. The van der Waals surface area contributed by atoms with E-state index in [-0.39, 0.29) is 6.10 Å². The second kappa shape index (κ2) is 6.75. The molecule has 1 saturated heterocycles. The molecule has 2 aromatic rings. The summed E-state index contributed by atoms with van der Waals surface area (Å²) in [5.41, 5.74) is 3.19. The molecule has 1 atom stereocenters. The van der Waals surface area contributed by atoms with Gasteiger partial charge >= 0.3 is 0 Å². The summed E-state index contributed by atoms with van der Waals surface area (Å²) in [6.07, 6.45) is 2.52. The van der Waals surface area contributed by atoms with E-state index in [2.05, 4.69) is 39.7 Å². The van der Waals surface area contributed by atoms with Gasteiger partial charge < -0.3 is 15.4 Å². The summed E-state index contributed by atoms with van der Waals surface area (Å²) in [5.74, 6) is 1.44. The van der Waals surface area contributed by atoms with E-state index >= 15 is 0 Å². The molecule has 1 unspecified atom stereocenters. The van der Waals surface area contributed by atoms with Crippen LogP contribution in [0.4, 0.5) is 17.5 Å². The molecule has 1 fully saturated rings. The minimum atomic E-state index is 0.276. The Labute approximate surface area is 131 Å². The minimum absolute atomic E-state index is 0.276. The number of hydrogen-bond donors (Lipinski definition) is 2. The van der Waals surface area contributed by atoms with Crippen LogP contribution in [0.3, 0.4) is 0 Å². The standard InChI is InChI=1S/C17H22N4O/c1-12-5-7-14(8-6-12)20-16-10-13(2)19-17(21-16)18-11-15-4-3-9-22-15/h5-8,10,15H,3-4,9,11H2,1-2H3,(H2,18,19,20,21). The number of hydrogen-bond acceptors (Lipinski definition) is 5. The van der Waals surface area contributed by atoms with Gasteiger partial charge in [-0.15, -0.1) is 0 Å². The van der Waals surface area contributed by atoms with Gasteiger partial charge in [-0.1, -0.05) is 17.7 Å². The van der Waals surface area contributed by atoms with E-state index in [1.54, 1.807) is 0 Å². The Hall–Kier alpha value is -2.14. The molecule has 1 aromatic carbocycles. The van der Waals surface area contributed by atoms with Crippen molar-refractivity contribution in [1.29, 1.82) is 0 Å². The predicted molar refractivity (Wildman–Crippen MR) is 88.7 cm³/mol. The average Bonchev–Trinajstić information content (AvgIpc) is 3.00. The molecule has 5 nitrogen and oxygen atoms in total. The number of nitrogens with zero attached hydrogens (tertiary/aromatic N) is 2. The highest BCUT2D eigenvalue weighted by molar-refractivity contribution is 5.57. The molecule has 2 heterocycles. The molecule has 0 radical (unpaired) electrons. The largest absolute Gasteiger partial charge is 0.376 e. The number of aryl methyl sites for hydroxylation is 2. The summed E-state index contributed by atoms with van der Waals surface area (Å²) >= 11 is 0. The van der Waals surface area contributed by atoms with Gasteiger partial charge in [0.1, 0.15) is 5.82 Å². The van der Waals surface area contributed by atoms with Crippen molar-refractivity contribution in [1.82, 2.24) is 9.97 Å². The first-order valence-electron chi connectivity index (χ1n) is 7.74. The third kappa shape index (κ3) is 3.95. The Morgan fingerprint density at radius 3 is 2.73 bits per heavy atom. The lowest BCUT2D eigenvalue weighted by atomic mass is 10.2. The molecule has 2 N–H and O–H groups in total.